The summed E-state index contributed by atoms with van der Waals surface area (Å²) in [5.41, 5.74) is 9.22. The zero-order valence-corrected chi connectivity index (χ0v) is 9.53. The molecule has 0 amide bonds. The topological polar surface area (TPSA) is 38.9 Å². The molecule has 2 N–H and O–H groups in total. The lowest BCUT2D eigenvalue weighted by molar-refractivity contribution is 0.955. The predicted molar refractivity (Wildman–Crippen MR) is 64.4 cm³/mol. The summed E-state index contributed by atoms with van der Waals surface area (Å²) in [7, 11) is 0. The summed E-state index contributed by atoms with van der Waals surface area (Å²) in [5.74, 6) is 0. The highest BCUT2D eigenvalue weighted by Gasteiger charge is 2.20. The number of hydrogen-bond acceptors (Lipinski definition) is 3. The van der Waals surface area contributed by atoms with E-state index in [9.17, 15) is 0 Å². The zero-order valence-electron chi connectivity index (χ0n) is 7.96. The van der Waals surface area contributed by atoms with E-state index in [1.54, 1.807) is 11.3 Å². The first-order valence-corrected chi connectivity index (χ1v) is 5.97. The van der Waals surface area contributed by atoms with E-state index in [4.69, 9.17) is 17.3 Å². The van der Waals surface area contributed by atoms with Crippen molar-refractivity contribution in [3.63, 3.8) is 0 Å². The van der Waals surface area contributed by atoms with Crippen molar-refractivity contribution in [3.8, 4) is 11.3 Å². The summed E-state index contributed by atoms with van der Waals surface area (Å²) in [6, 6.07) is 5.99. The minimum absolute atomic E-state index is 0.646. The number of thiazole rings is 1. The second-order valence-electron chi connectivity index (χ2n) is 3.63. The lowest BCUT2D eigenvalue weighted by atomic mass is 9.94. The highest BCUT2D eigenvalue weighted by molar-refractivity contribution is 7.15. The highest BCUT2D eigenvalue weighted by Crippen LogP contribution is 2.38. The summed E-state index contributed by atoms with van der Waals surface area (Å²) < 4.78 is 0. The molecule has 1 aromatic heterocycles. The summed E-state index contributed by atoms with van der Waals surface area (Å²) >= 11 is 7.58. The van der Waals surface area contributed by atoms with Gasteiger partial charge in [0.2, 0.25) is 0 Å². The monoisotopic (exact) mass is 236 g/mol. The second-order valence-corrected chi connectivity index (χ2v) is 5.18. The van der Waals surface area contributed by atoms with Gasteiger partial charge in [0.15, 0.2) is 5.13 Å². The Bertz CT molecular complexity index is 533. The molecule has 0 saturated heterocycles. The van der Waals surface area contributed by atoms with Gasteiger partial charge in [-0.3, -0.25) is 0 Å². The standard InChI is InChI=1S/C11H9ClN2S/c12-7-3-1-6-2-4-9-10(8(6)5-7)14-11(13)15-9/h1,3,5H,2,4H2,(H2,13,14). The molecule has 3 rings (SSSR count). The minimum atomic E-state index is 0.646. The van der Waals surface area contributed by atoms with Gasteiger partial charge in [-0.25, -0.2) is 4.98 Å². The fourth-order valence-corrected chi connectivity index (χ4v) is 3.00. The van der Waals surface area contributed by atoms with E-state index < -0.39 is 0 Å². The molecule has 76 valence electrons. The smallest absolute Gasteiger partial charge is 0.180 e. The summed E-state index contributed by atoms with van der Waals surface area (Å²) in [6.07, 6.45) is 2.10. The van der Waals surface area contributed by atoms with Gasteiger partial charge in [-0.2, -0.15) is 0 Å². The van der Waals surface area contributed by atoms with Crippen LogP contribution in [0.3, 0.4) is 0 Å². The van der Waals surface area contributed by atoms with Crippen molar-refractivity contribution in [1.29, 1.82) is 0 Å². The van der Waals surface area contributed by atoms with E-state index in [-0.39, 0.29) is 0 Å². The van der Waals surface area contributed by atoms with Crippen LogP contribution in [0.25, 0.3) is 11.3 Å². The number of hydrogen-bond donors (Lipinski definition) is 1. The Morgan fingerprint density at radius 2 is 2.20 bits per heavy atom. The van der Waals surface area contributed by atoms with Crippen LogP contribution < -0.4 is 5.73 Å². The average molecular weight is 237 g/mol. The maximum Gasteiger partial charge on any atom is 0.180 e. The third-order valence-corrected chi connectivity index (χ3v) is 3.84. The van der Waals surface area contributed by atoms with Gasteiger partial charge in [-0.15, -0.1) is 11.3 Å². The molecule has 0 aliphatic heterocycles. The van der Waals surface area contributed by atoms with E-state index in [1.165, 1.54) is 10.4 Å². The molecule has 2 nitrogen and oxygen atoms in total. The van der Waals surface area contributed by atoms with E-state index in [0.29, 0.717) is 5.13 Å². The molecule has 0 bridgehead atoms. The Hall–Kier alpha value is -1.06. The van der Waals surface area contributed by atoms with Crippen molar-refractivity contribution in [2.45, 2.75) is 12.8 Å². The van der Waals surface area contributed by atoms with Crippen molar-refractivity contribution < 1.29 is 0 Å². The first kappa shape index (κ1) is 9.19. The van der Waals surface area contributed by atoms with E-state index in [2.05, 4.69) is 11.1 Å². The van der Waals surface area contributed by atoms with Crippen LogP contribution in [-0.2, 0) is 12.8 Å². The van der Waals surface area contributed by atoms with E-state index in [0.717, 1.165) is 29.1 Å². The molecule has 2 aromatic rings. The van der Waals surface area contributed by atoms with Gasteiger partial charge in [-0.1, -0.05) is 17.7 Å². The largest absolute Gasteiger partial charge is 0.375 e. The Kier molecular flexibility index (Phi) is 1.97. The lowest BCUT2D eigenvalue weighted by Gasteiger charge is -2.14. The molecule has 15 heavy (non-hydrogen) atoms. The van der Waals surface area contributed by atoms with Crippen LogP contribution in [-0.4, -0.2) is 4.98 Å². The van der Waals surface area contributed by atoms with Gasteiger partial charge < -0.3 is 5.73 Å². The van der Waals surface area contributed by atoms with Crippen molar-refractivity contribution in [2.75, 3.05) is 5.73 Å². The fraction of sp³-hybridized carbons (Fsp3) is 0.182. The third kappa shape index (κ3) is 1.43. The molecule has 0 fully saturated rings. The third-order valence-electron chi connectivity index (χ3n) is 2.66. The Balaban J connectivity index is 2.27. The van der Waals surface area contributed by atoms with Crippen LogP contribution in [0, 0.1) is 0 Å². The Morgan fingerprint density at radius 3 is 3.07 bits per heavy atom. The maximum atomic E-state index is 5.99. The quantitative estimate of drug-likeness (QED) is 0.763. The molecule has 1 aromatic carbocycles. The van der Waals surface area contributed by atoms with Crippen molar-refractivity contribution in [2.24, 2.45) is 0 Å². The molecule has 0 spiro atoms. The van der Waals surface area contributed by atoms with Gasteiger partial charge in [-0.05, 0) is 30.5 Å². The normalized spacial score (nSPS) is 13.4. The number of nitrogens with two attached hydrogens (primary N) is 1. The molecule has 4 heteroatoms. The molecule has 0 saturated carbocycles. The van der Waals surface area contributed by atoms with Gasteiger partial charge in [0, 0.05) is 15.5 Å². The molecule has 1 aliphatic carbocycles. The number of halogens is 1. The van der Waals surface area contributed by atoms with Crippen molar-refractivity contribution in [1.82, 2.24) is 4.98 Å². The first-order valence-electron chi connectivity index (χ1n) is 4.78. The van der Waals surface area contributed by atoms with Crippen molar-refractivity contribution in [3.05, 3.63) is 33.7 Å². The van der Waals surface area contributed by atoms with E-state index >= 15 is 0 Å². The number of aromatic nitrogens is 1. The van der Waals surface area contributed by atoms with Crippen LogP contribution >= 0.6 is 22.9 Å². The van der Waals surface area contributed by atoms with Gasteiger partial charge in [0.05, 0.1) is 5.69 Å². The molecule has 1 heterocycles. The predicted octanol–water partition coefficient (Wildman–Crippen LogP) is 3.14. The molecular formula is C11H9ClN2S. The van der Waals surface area contributed by atoms with Crippen LogP contribution in [0.2, 0.25) is 5.02 Å². The molecular weight excluding hydrogens is 228 g/mol. The molecule has 1 aliphatic rings. The first-order chi connectivity index (χ1) is 7.24. The summed E-state index contributed by atoms with van der Waals surface area (Å²) in [6.45, 7) is 0. The number of nitrogen functional groups attached to an aromatic ring is 1. The molecule has 0 unspecified atom stereocenters. The van der Waals surface area contributed by atoms with Crippen molar-refractivity contribution >= 4 is 28.1 Å². The highest BCUT2D eigenvalue weighted by atomic mass is 35.5. The number of anilines is 1. The van der Waals surface area contributed by atoms with Gasteiger partial charge >= 0.3 is 0 Å². The lowest BCUT2D eigenvalue weighted by Crippen LogP contribution is -2.01. The number of fused-ring (bicyclic) bond motifs is 3. The fourth-order valence-electron chi connectivity index (χ4n) is 1.99. The van der Waals surface area contributed by atoms with Crippen LogP contribution in [0.4, 0.5) is 5.13 Å². The van der Waals surface area contributed by atoms with Crippen LogP contribution in [0.5, 0.6) is 0 Å². The summed E-state index contributed by atoms with van der Waals surface area (Å²) in [5, 5.41) is 1.40. The Morgan fingerprint density at radius 1 is 1.33 bits per heavy atom. The Labute approximate surface area is 96.7 Å². The van der Waals surface area contributed by atoms with E-state index in [1.807, 2.05) is 12.1 Å². The number of nitrogens with zero attached hydrogens (tertiary/aromatic N) is 1. The van der Waals surface area contributed by atoms with Crippen LogP contribution in [0.1, 0.15) is 10.4 Å². The average Bonchev–Trinajstić information content (AvgIpc) is 2.58. The number of rotatable bonds is 0. The second kappa shape index (κ2) is 3.22. The van der Waals surface area contributed by atoms with Gasteiger partial charge in [0.25, 0.3) is 0 Å². The molecule has 0 radical (unpaired) electrons. The van der Waals surface area contributed by atoms with Gasteiger partial charge in [0.1, 0.15) is 0 Å². The van der Waals surface area contributed by atoms with Crippen LogP contribution in [0.15, 0.2) is 18.2 Å². The summed E-state index contributed by atoms with van der Waals surface area (Å²) in [4.78, 5) is 5.65. The minimum Gasteiger partial charge on any atom is -0.375 e. The number of aryl methyl sites for hydroxylation is 2. The maximum absolute atomic E-state index is 5.99. The number of benzene rings is 1. The zero-order chi connectivity index (χ0) is 10.4. The SMILES string of the molecule is Nc1nc2c(s1)CCc1ccc(Cl)cc1-2. The molecule has 0 atom stereocenters.